The monoisotopic (exact) mass is 329 g/mol. The first-order valence-corrected chi connectivity index (χ1v) is 7.05. The zero-order chi connectivity index (χ0) is 17.1. The van der Waals surface area contributed by atoms with Crippen LogP contribution in [0.4, 0.5) is 16.3 Å². The normalized spacial score (nSPS) is 10.6. The molecule has 0 spiro atoms. The number of hydrogen-bond donors (Lipinski definition) is 3. The van der Waals surface area contributed by atoms with Crippen molar-refractivity contribution in [1.29, 1.82) is 0 Å². The van der Waals surface area contributed by atoms with Crippen LogP contribution in [-0.2, 0) is 16.1 Å². The highest BCUT2D eigenvalue weighted by molar-refractivity contribution is 5.93. The highest BCUT2D eigenvalue weighted by atomic mass is 16.5. The number of fused-ring (bicyclic) bond motifs is 1. The number of methoxy groups -OCH3 is 1. The van der Waals surface area contributed by atoms with Crippen molar-refractivity contribution in [1.82, 2.24) is 25.0 Å². The smallest absolute Gasteiger partial charge is 0.412 e. The molecule has 0 saturated heterocycles. The van der Waals surface area contributed by atoms with Crippen LogP contribution in [0.3, 0.4) is 0 Å². The molecule has 0 fully saturated rings. The van der Waals surface area contributed by atoms with Crippen molar-refractivity contribution in [3.05, 3.63) is 30.2 Å². The molecule has 0 bridgehead atoms. The van der Waals surface area contributed by atoms with Crippen molar-refractivity contribution in [3.8, 4) is 0 Å². The van der Waals surface area contributed by atoms with Crippen molar-refractivity contribution in [2.24, 2.45) is 0 Å². The van der Waals surface area contributed by atoms with Crippen molar-refractivity contribution < 1.29 is 14.3 Å². The molecule has 2 aromatic heterocycles. The summed E-state index contributed by atoms with van der Waals surface area (Å²) in [5.74, 6) is 0.728. The van der Waals surface area contributed by atoms with Gasteiger partial charge in [-0.15, -0.1) is 5.10 Å². The zero-order valence-electron chi connectivity index (χ0n) is 13.0. The zero-order valence-corrected chi connectivity index (χ0v) is 13.0. The van der Waals surface area contributed by atoms with E-state index in [2.05, 4.69) is 35.7 Å². The van der Waals surface area contributed by atoms with E-state index in [0.29, 0.717) is 5.69 Å². The second-order valence-corrected chi connectivity index (χ2v) is 5.02. The lowest BCUT2D eigenvalue weighted by Gasteiger charge is -2.04. The SMILES string of the molecule is COC(=O)Nc1cn(CC(=O)Nc2ccc3nc(C)[nH]c3c2)nn1. The van der Waals surface area contributed by atoms with Gasteiger partial charge < -0.3 is 15.0 Å². The molecule has 3 aromatic rings. The summed E-state index contributed by atoms with van der Waals surface area (Å²) in [6.07, 6.45) is 0.771. The van der Waals surface area contributed by atoms with E-state index in [9.17, 15) is 9.59 Å². The van der Waals surface area contributed by atoms with Crippen LogP contribution in [0.5, 0.6) is 0 Å². The van der Waals surface area contributed by atoms with Crippen LogP contribution in [0.1, 0.15) is 5.82 Å². The van der Waals surface area contributed by atoms with Crippen molar-refractivity contribution in [2.75, 3.05) is 17.7 Å². The number of nitrogens with one attached hydrogen (secondary N) is 3. The number of imidazole rings is 1. The number of nitrogens with zero attached hydrogens (tertiary/aromatic N) is 4. The minimum Gasteiger partial charge on any atom is -0.453 e. The molecule has 0 saturated carbocycles. The first-order valence-electron chi connectivity index (χ1n) is 7.05. The highest BCUT2D eigenvalue weighted by Gasteiger charge is 2.09. The molecule has 3 rings (SSSR count). The van der Waals surface area contributed by atoms with Crippen LogP contribution in [-0.4, -0.2) is 44.1 Å². The number of carbonyl (C=O) groups is 2. The van der Waals surface area contributed by atoms with Gasteiger partial charge in [-0.1, -0.05) is 5.21 Å². The molecule has 0 unspecified atom stereocenters. The van der Waals surface area contributed by atoms with Gasteiger partial charge in [-0.25, -0.2) is 14.5 Å². The molecular weight excluding hydrogens is 314 g/mol. The van der Waals surface area contributed by atoms with E-state index in [4.69, 9.17) is 0 Å². The Morgan fingerprint density at radius 1 is 1.33 bits per heavy atom. The van der Waals surface area contributed by atoms with Gasteiger partial charge in [-0.05, 0) is 25.1 Å². The summed E-state index contributed by atoms with van der Waals surface area (Å²) in [5, 5.41) is 12.6. The Bertz CT molecular complexity index is 899. The number of hydrogen-bond acceptors (Lipinski definition) is 6. The van der Waals surface area contributed by atoms with Gasteiger partial charge in [0.2, 0.25) is 5.91 Å². The fourth-order valence-electron chi connectivity index (χ4n) is 2.15. The summed E-state index contributed by atoms with van der Waals surface area (Å²) >= 11 is 0. The van der Waals surface area contributed by atoms with Crippen LogP contribution in [0.15, 0.2) is 24.4 Å². The minimum absolute atomic E-state index is 0.0457. The third-order valence-corrected chi connectivity index (χ3v) is 3.14. The van der Waals surface area contributed by atoms with Crippen molar-refractivity contribution in [3.63, 3.8) is 0 Å². The summed E-state index contributed by atoms with van der Waals surface area (Å²) in [4.78, 5) is 30.5. The predicted octanol–water partition coefficient (Wildman–Crippen LogP) is 1.28. The van der Waals surface area contributed by atoms with E-state index < -0.39 is 6.09 Å². The van der Waals surface area contributed by atoms with Crippen LogP contribution in [0.25, 0.3) is 11.0 Å². The van der Waals surface area contributed by atoms with Gasteiger partial charge in [0, 0.05) is 5.69 Å². The summed E-state index contributed by atoms with van der Waals surface area (Å²) in [5.41, 5.74) is 2.32. The summed E-state index contributed by atoms with van der Waals surface area (Å²) < 4.78 is 5.75. The molecule has 2 heterocycles. The van der Waals surface area contributed by atoms with Crippen LogP contribution in [0.2, 0.25) is 0 Å². The molecule has 10 heteroatoms. The molecule has 0 aliphatic rings. The van der Waals surface area contributed by atoms with Gasteiger partial charge in [-0.2, -0.15) is 0 Å². The third kappa shape index (κ3) is 3.48. The Balaban J connectivity index is 1.63. The Labute approximate surface area is 136 Å². The first kappa shape index (κ1) is 15.5. The van der Waals surface area contributed by atoms with Gasteiger partial charge in [0.15, 0.2) is 5.82 Å². The lowest BCUT2D eigenvalue weighted by atomic mass is 10.3. The lowest BCUT2D eigenvalue weighted by Crippen LogP contribution is -2.19. The molecule has 124 valence electrons. The molecule has 0 radical (unpaired) electrons. The summed E-state index contributed by atoms with van der Waals surface area (Å²) in [6, 6.07) is 5.40. The van der Waals surface area contributed by atoms with Crippen molar-refractivity contribution >= 4 is 34.5 Å². The summed E-state index contributed by atoms with van der Waals surface area (Å²) in [6.45, 7) is 1.82. The molecule has 0 aliphatic heterocycles. The molecule has 0 atom stereocenters. The number of H-pyrrole nitrogens is 1. The number of rotatable bonds is 4. The van der Waals surface area contributed by atoms with Gasteiger partial charge in [-0.3, -0.25) is 10.1 Å². The van der Waals surface area contributed by atoms with Gasteiger partial charge >= 0.3 is 6.09 Å². The molecule has 24 heavy (non-hydrogen) atoms. The van der Waals surface area contributed by atoms with Gasteiger partial charge in [0.25, 0.3) is 0 Å². The number of carbonyl (C=O) groups excluding carboxylic acids is 2. The molecule has 3 N–H and O–H groups in total. The Morgan fingerprint density at radius 2 is 2.17 bits per heavy atom. The number of aromatic nitrogens is 5. The van der Waals surface area contributed by atoms with E-state index in [0.717, 1.165) is 16.9 Å². The van der Waals surface area contributed by atoms with E-state index in [1.165, 1.54) is 18.0 Å². The lowest BCUT2D eigenvalue weighted by molar-refractivity contribution is -0.116. The Hall–Kier alpha value is -3.43. The second-order valence-electron chi connectivity index (χ2n) is 5.02. The average Bonchev–Trinajstić information content (AvgIpc) is 3.11. The number of ether oxygens (including phenoxy) is 1. The topological polar surface area (TPSA) is 127 Å². The number of amides is 2. The van der Waals surface area contributed by atoms with Crippen LogP contribution >= 0.6 is 0 Å². The van der Waals surface area contributed by atoms with Crippen LogP contribution in [0, 0.1) is 6.92 Å². The summed E-state index contributed by atoms with van der Waals surface area (Å²) in [7, 11) is 1.24. The molecule has 1 aromatic carbocycles. The maximum Gasteiger partial charge on any atom is 0.412 e. The largest absolute Gasteiger partial charge is 0.453 e. The molecule has 10 nitrogen and oxygen atoms in total. The first-order chi connectivity index (χ1) is 11.5. The maximum absolute atomic E-state index is 12.1. The fourth-order valence-corrected chi connectivity index (χ4v) is 2.15. The van der Waals surface area contributed by atoms with E-state index in [1.807, 2.05) is 13.0 Å². The van der Waals surface area contributed by atoms with Crippen molar-refractivity contribution in [2.45, 2.75) is 13.5 Å². The highest BCUT2D eigenvalue weighted by Crippen LogP contribution is 2.17. The average molecular weight is 329 g/mol. The van der Waals surface area contributed by atoms with E-state index >= 15 is 0 Å². The molecule has 0 aliphatic carbocycles. The Morgan fingerprint density at radius 3 is 2.96 bits per heavy atom. The molecule has 2 amide bonds. The van der Waals surface area contributed by atoms with E-state index in [1.54, 1.807) is 12.1 Å². The van der Waals surface area contributed by atoms with Crippen LogP contribution < -0.4 is 10.6 Å². The number of aryl methyl sites for hydroxylation is 1. The van der Waals surface area contributed by atoms with Gasteiger partial charge in [0.1, 0.15) is 12.4 Å². The quantitative estimate of drug-likeness (QED) is 0.662. The number of benzene rings is 1. The standard InChI is InChI=1S/C14H15N7O3/c1-8-15-10-4-3-9(5-11(10)16-8)17-13(22)7-21-6-12(19-20-21)18-14(23)24-2/h3-6H,7H2,1-2H3,(H,15,16)(H,17,22)(H,18,23). The minimum atomic E-state index is -0.658. The Kier molecular flexibility index (Phi) is 4.10. The molecular formula is C14H15N7O3. The second kappa shape index (κ2) is 6.36. The van der Waals surface area contributed by atoms with Gasteiger partial charge in [0.05, 0.1) is 24.3 Å². The predicted molar refractivity (Wildman–Crippen MR) is 85.5 cm³/mol. The number of anilines is 2. The van der Waals surface area contributed by atoms with E-state index in [-0.39, 0.29) is 18.3 Å². The number of aromatic amines is 1. The fraction of sp³-hybridized carbons (Fsp3) is 0.214. The third-order valence-electron chi connectivity index (χ3n) is 3.14. The maximum atomic E-state index is 12.1.